The van der Waals surface area contributed by atoms with Crippen LogP contribution in [0.1, 0.15) is 38.2 Å². The monoisotopic (exact) mass is 672 g/mol. The molecule has 0 aromatic heterocycles. The van der Waals surface area contributed by atoms with Crippen LogP contribution in [0.15, 0.2) is 146 Å². The summed E-state index contributed by atoms with van der Waals surface area (Å²) in [6.45, 7) is 1.86. The van der Waals surface area contributed by atoms with Gasteiger partial charge in [0, 0.05) is 6.42 Å². The second-order valence-electron chi connectivity index (χ2n) is 12.4. The van der Waals surface area contributed by atoms with Crippen molar-refractivity contribution in [3.05, 3.63) is 179 Å². The molecule has 0 saturated carbocycles. The molecule has 0 aliphatic carbocycles. The van der Waals surface area contributed by atoms with E-state index in [1.807, 2.05) is 109 Å². The lowest BCUT2D eigenvalue weighted by atomic mass is 9.90. The van der Waals surface area contributed by atoms with Crippen LogP contribution in [0.3, 0.4) is 0 Å². The molecule has 7 nitrogen and oxygen atoms in total. The Kier molecular flexibility index (Phi) is 12.9. The number of esters is 1. The molecular formula is C43H44O7. The lowest BCUT2D eigenvalue weighted by molar-refractivity contribution is -0.272. The van der Waals surface area contributed by atoms with Gasteiger partial charge < -0.3 is 28.4 Å². The topological polar surface area (TPSA) is 72.5 Å². The van der Waals surface area contributed by atoms with E-state index < -0.39 is 30.5 Å². The smallest absolute Gasteiger partial charge is 0.337 e. The quantitative estimate of drug-likeness (QED) is 0.0993. The van der Waals surface area contributed by atoms with Crippen LogP contribution in [-0.4, -0.2) is 50.2 Å². The molecule has 0 spiro atoms. The molecule has 7 heteroatoms. The molecule has 1 aliphatic rings. The first kappa shape index (κ1) is 35.2. The van der Waals surface area contributed by atoms with Gasteiger partial charge >= 0.3 is 5.97 Å². The van der Waals surface area contributed by atoms with Crippen LogP contribution in [0.25, 0.3) is 0 Å². The van der Waals surface area contributed by atoms with E-state index in [4.69, 9.17) is 28.4 Å². The molecular weight excluding hydrogens is 628 g/mol. The van der Waals surface area contributed by atoms with E-state index in [-0.39, 0.29) is 5.97 Å². The normalized spacial score (nSPS) is 20.3. The van der Waals surface area contributed by atoms with Crippen molar-refractivity contribution in [1.82, 2.24) is 0 Å². The van der Waals surface area contributed by atoms with E-state index in [0.717, 1.165) is 27.8 Å². The van der Waals surface area contributed by atoms with Crippen LogP contribution in [0.5, 0.6) is 0 Å². The summed E-state index contributed by atoms with van der Waals surface area (Å²) < 4.78 is 38.6. The zero-order chi connectivity index (χ0) is 34.4. The minimum absolute atomic E-state index is 0.294. The van der Waals surface area contributed by atoms with Gasteiger partial charge in [-0.15, -0.1) is 0 Å². The second kappa shape index (κ2) is 18.4. The third-order valence-corrected chi connectivity index (χ3v) is 8.79. The van der Waals surface area contributed by atoms with Crippen molar-refractivity contribution in [2.75, 3.05) is 13.7 Å². The molecule has 50 heavy (non-hydrogen) atoms. The average molecular weight is 673 g/mol. The van der Waals surface area contributed by atoms with Gasteiger partial charge in [0.2, 0.25) is 0 Å². The third kappa shape index (κ3) is 9.97. The fraction of sp³-hybridized carbons (Fsp3) is 0.279. The molecule has 0 radical (unpaired) electrons. The predicted molar refractivity (Wildman–Crippen MR) is 191 cm³/mol. The number of benzene rings is 5. The van der Waals surface area contributed by atoms with Gasteiger partial charge in [0.25, 0.3) is 0 Å². The molecule has 5 atom stereocenters. The van der Waals surface area contributed by atoms with Crippen LogP contribution >= 0.6 is 0 Å². The maximum absolute atomic E-state index is 12.2. The Labute approximate surface area is 294 Å². The van der Waals surface area contributed by atoms with Crippen LogP contribution in [0.2, 0.25) is 0 Å². The molecule has 0 amide bonds. The van der Waals surface area contributed by atoms with E-state index in [1.54, 1.807) is 12.1 Å². The first-order valence-corrected chi connectivity index (χ1v) is 17.1. The second-order valence-corrected chi connectivity index (χ2v) is 12.4. The molecule has 1 saturated heterocycles. The lowest BCUT2D eigenvalue weighted by Gasteiger charge is -2.46. The van der Waals surface area contributed by atoms with Gasteiger partial charge in [-0.1, -0.05) is 133 Å². The van der Waals surface area contributed by atoms with Gasteiger partial charge in [0.05, 0.1) is 51.8 Å². The molecule has 0 N–H and O–H groups in total. The summed E-state index contributed by atoms with van der Waals surface area (Å²) in [5.41, 5.74) is 5.70. The van der Waals surface area contributed by atoms with Crippen molar-refractivity contribution in [1.29, 1.82) is 0 Å². The maximum atomic E-state index is 12.2. The van der Waals surface area contributed by atoms with Crippen LogP contribution < -0.4 is 0 Å². The Morgan fingerprint density at radius 1 is 0.500 bits per heavy atom. The van der Waals surface area contributed by atoms with E-state index >= 15 is 0 Å². The van der Waals surface area contributed by atoms with Gasteiger partial charge in [-0.2, -0.15) is 0 Å². The number of hydrogen-bond acceptors (Lipinski definition) is 7. The number of carbonyl (C=O) groups excluding carboxylic acids is 1. The summed E-state index contributed by atoms with van der Waals surface area (Å²) in [6.07, 6.45) is -1.85. The summed E-state index contributed by atoms with van der Waals surface area (Å²) in [5, 5.41) is 0. The van der Waals surface area contributed by atoms with Gasteiger partial charge in [-0.3, -0.25) is 0 Å². The highest BCUT2D eigenvalue weighted by molar-refractivity contribution is 5.89. The Morgan fingerprint density at radius 3 is 1.38 bits per heavy atom. The first-order chi connectivity index (χ1) is 24.7. The SMILES string of the molecule is COC(=O)c1ccc(C[C@H]2O[C@H](COCc3ccccc3)[C@@H](OCc3ccccc3)[C@H](OCc3ccccc3)[C@H]2OCc2ccccc2)cc1. The highest BCUT2D eigenvalue weighted by Crippen LogP contribution is 2.33. The van der Waals surface area contributed by atoms with E-state index in [1.165, 1.54) is 7.11 Å². The number of ether oxygens (including phenoxy) is 6. The van der Waals surface area contributed by atoms with Crippen molar-refractivity contribution in [2.45, 2.75) is 63.4 Å². The Bertz CT molecular complexity index is 1700. The third-order valence-electron chi connectivity index (χ3n) is 8.79. The van der Waals surface area contributed by atoms with Crippen LogP contribution in [-0.2, 0) is 61.3 Å². The molecule has 1 aliphatic heterocycles. The standard InChI is InChI=1S/C43H44O7/c1-45-43(44)37-24-22-32(23-25-37)26-38-40(47-28-34-16-8-3-9-17-34)42(49-30-36-20-12-5-13-21-36)41(48-29-35-18-10-4-11-19-35)39(50-38)31-46-27-33-14-6-2-7-15-33/h2-25,38-42H,26-31H2,1H3/t38-,39-,40+,41-,42-/m1/s1. The Morgan fingerprint density at radius 2 is 0.920 bits per heavy atom. The number of carbonyl (C=O) groups is 1. The Balaban J connectivity index is 1.32. The summed E-state index contributed by atoms with van der Waals surface area (Å²) >= 11 is 0. The minimum atomic E-state index is -0.506. The van der Waals surface area contributed by atoms with E-state index in [0.29, 0.717) is 45.0 Å². The van der Waals surface area contributed by atoms with Crippen LogP contribution in [0.4, 0.5) is 0 Å². The van der Waals surface area contributed by atoms with Crippen molar-refractivity contribution in [2.24, 2.45) is 0 Å². The van der Waals surface area contributed by atoms with Crippen molar-refractivity contribution in [3.63, 3.8) is 0 Å². The highest BCUT2D eigenvalue weighted by atomic mass is 16.6. The average Bonchev–Trinajstić information content (AvgIpc) is 3.18. The summed E-state index contributed by atoms with van der Waals surface area (Å²) in [7, 11) is 1.38. The van der Waals surface area contributed by atoms with Crippen molar-refractivity contribution >= 4 is 5.97 Å². The predicted octanol–water partition coefficient (Wildman–Crippen LogP) is 7.76. The molecule has 1 heterocycles. The zero-order valence-corrected chi connectivity index (χ0v) is 28.3. The Hall–Kier alpha value is -4.63. The fourth-order valence-electron chi connectivity index (χ4n) is 6.18. The number of hydrogen-bond donors (Lipinski definition) is 0. The van der Waals surface area contributed by atoms with Gasteiger partial charge in [0.1, 0.15) is 24.4 Å². The summed E-state index contributed by atoms with van der Waals surface area (Å²) in [6, 6.07) is 47.9. The molecule has 258 valence electrons. The molecule has 1 fully saturated rings. The molecule has 0 unspecified atom stereocenters. The van der Waals surface area contributed by atoms with Gasteiger partial charge in [-0.25, -0.2) is 4.79 Å². The summed E-state index contributed by atoms with van der Waals surface area (Å²) in [4.78, 5) is 12.2. The van der Waals surface area contributed by atoms with Crippen molar-refractivity contribution < 1.29 is 33.2 Å². The van der Waals surface area contributed by atoms with E-state index in [2.05, 4.69) is 24.3 Å². The number of methoxy groups -OCH3 is 1. The zero-order valence-electron chi connectivity index (χ0n) is 28.3. The highest BCUT2D eigenvalue weighted by Gasteiger charge is 2.48. The maximum Gasteiger partial charge on any atom is 0.337 e. The first-order valence-electron chi connectivity index (χ1n) is 17.1. The number of rotatable bonds is 16. The molecule has 5 aromatic carbocycles. The molecule has 0 bridgehead atoms. The summed E-state index contributed by atoms with van der Waals surface area (Å²) in [5.74, 6) is -0.377. The largest absolute Gasteiger partial charge is 0.465 e. The van der Waals surface area contributed by atoms with Gasteiger partial charge in [-0.05, 0) is 39.9 Å². The van der Waals surface area contributed by atoms with Crippen LogP contribution in [0, 0.1) is 0 Å². The molecule has 5 aromatic rings. The minimum Gasteiger partial charge on any atom is -0.465 e. The van der Waals surface area contributed by atoms with E-state index in [9.17, 15) is 4.79 Å². The van der Waals surface area contributed by atoms with Gasteiger partial charge in [0.15, 0.2) is 0 Å². The lowest BCUT2D eigenvalue weighted by Crippen LogP contribution is -2.61. The molecule has 6 rings (SSSR count). The van der Waals surface area contributed by atoms with Crippen molar-refractivity contribution in [3.8, 4) is 0 Å². The fourth-order valence-corrected chi connectivity index (χ4v) is 6.18.